The highest BCUT2D eigenvalue weighted by atomic mass is 19.2. The third-order valence-corrected chi connectivity index (χ3v) is 4.64. The van der Waals surface area contributed by atoms with Gasteiger partial charge in [0.1, 0.15) is 5.76 Å². The Morgan fingerprint density at radius 2 is 1.75 bits per heavy atom. The normalized spacial score (nSPS) is 12.6. The van der Waals surface area contributed by atoms with Gasteiger partial charge in [-0.1, -0.05) is 0 Å². The topological polar surface area (TPSA) is 106 Å². The number of ether oxygens (including phenoxy) is 1. The van der Waals surface area contributed by atoms with E-state index >= 15 is 0 Å². The van der Waals surface area contributed by atoms with E-state index in [2.05, 4.69) is 5.32 Å². The average molecular weight is 440 g/mol. The average Bonchev–Trinajstić information content (AvgIpc) is 3.37. The van der Waals surface area contributed by atoms with Crippen molar-refractivity contribution in [1.29, 1.82) is 0 Å². The molecule has 162 valence electrons. The maximum Gasteiger partial charge on any atom is 0.338 e. The lowest BCUT2D eigenvalue weighted by Crippen LogP contribution is -2.28. The van der Waals surface area contributed by atoms with Crippen LogP contribution in [0.2, 0.25) is 0 Å². The molecule has 0 bridgehead atoms. The Balaban J connectivity index is 1.40. The molecule has 1 aliphatic rings. The van der Waals surface area contributed by atoms with Crippen LogP contribution in [0, 0.1) is 11.6 Å². The smallest absolute Gasteiger partial charge is 0.338 e. The molecule has 8 nitrogen and oxygen atoms in total. The minimum absolute atomic E-state index is 0.0109. The summed E-state index contributed by atoms with van der Waals surface area (Å²) in [6.07, 6.45) is 1.42. The predicted octanol–water partition coefficient (Wildman–Crippen LogP) is 3.15. The first-order valence-corrected chi connectivity index (χ1v) is 9.28. The van der Waals surface area contributed by atoms with Gasteiger partial charge in [0.05, 0.1) is 29.5 Å². The summed E-state index contributed by atoms with van der Waals surface area (Å²) in [4.78, 5) is 50.3. The van der Waals surface area contributed by atoms with Gasteiger partial charge in [-0.15, -0.1) is 0 Å². The third kappa shape index (κ3) is 4.10. The van der Waals surface area contributed by atoms with Crippen molar-refractivity contribution in [3.63, 3.8) is 0 Å². The van der Waals surface area contributed by atoms with Crippen LogP contribution >= 0.6 is 0 Å². The van der Waals surface area contributed by atoms with Gasteiger partial charge in [0.25, 0.3) is 17.7 Å². The quantitative estimate of drug-likeness (QED) is 0.466. The van der Waals surface area contributed by atoms with Crippen LogP contribution in [-0.2, 0) is 16.1 Å². The van der Waals surface area contributed by atoms with Crippen molar-refractivity contribution in [2.45, 2.75) is 6.54 Å². The van der Waals surface area contributed by atoms with Crippen molar-refractivity contribution in [3.05, 3.63) is 88.9 Å². The van der Waals surface area contributed by atoms with Gasteiger partial charge >= 0.3 is 5.97 Å². The molecule has 10 heteroatoms. The van der Waals surface area contributed by atoms with Crippen molar-refractivity contribution in [2.24, 2.45) is 0 Å². The number of anilines is 1. The zero-order chi connectivity index (χ0) is 22.8. The molecule has 1 N–H and O–H groups in total. The Hall–Kier alpha value is -4.34. The van der Waals surface area contributed by atoms with Gasteiger partial charge in [-0.2, -0.15) is 0 Å². The Kier molecular flexibility index (Phi) is 5.50. The first-order valence-electron chi connectivity index (χ1n) is 9.28. The molecule has 3 aromatic rings. The maximum atomic E-state index is 13.2. The van der Waals surface area contributed by atoms with Gasteiger partial charge in [-0.3, -0.25) is 19.3 Å². The molecule has 0 spiro atoms. The van der Waals surface area contributed by atoms with Crippen molar-refractivity contribution in [3.8, 4) is 0 Å². The number of rotatable bonds is 6. The number of imide groups is 1. The second kappa shape index (κ2) is 8.42. The number of benzene rings is 2. The number of halogens is 2. The molecule has 2 heterocycles. The van der Waals surface area contributed by atoms with E-state index in [1.54, 1.807) is 12.1 Å². The molecule has 1 aromatic heterocycles. The molecule has 0 unspecified atom stereocenters. The number of hydrogen-bond acceptors (Lipinski definition) is 6. The summed E-state index contributed by atoms with van der Waals surface area (Å²) in [5.41, 5.74) is 0.116. The highest BCUT2D eigenvalue weighted by Crippen LogP contribution is 2.26. The molecular formula is C22H14F2N2O6. The van der Waals surface area contributed by atoms with Crippen LogP contribution in [-0.4, -0.2) is 35.2 Å². The Morgan fingerprint density at radius 3 is 2.47 bits per heavy atom. The summed E-state index contributed by atoms with van der Waals surface area (Å²) < 4.78 is 36.2. The maximum absolute atomic E-state index is 13.2. The molecule has 1 aliphatic heterocycles. The van der Waals surface area contributed by atoms with E-state index in [0.717, 1.165) is 23.1 Å². The lowest BCUT2D eigenvalue weighted by atomic mass is 10.1. The van der Waals surface area contributed by atoms with E-state index < -0.39 is 41.9 Å². The Bertz CT molecular complexity index is 1240. The van der Waals surface area contributed by atoms with E-state index in [1.807, 2.05) is 0 Å². The van der Waals surface area contributed by atoms with Crippen molar-refractivity contribution in [2.75, 3.05) is 11.9 Å². The number of nitrogens with one attached hydrogen (secondary N) is 1. The second-order valence-corrected chi connectivity index (χ2v) is 6.79. The number of esters is 1. The molecule has 3 amide bonds. The van der Waals surface area contributed by atoms with Gasteiger partial charge < -0.3 is 14.5 Å². The first kappa shape index (κ1) is 20.9. The zero-order valence-electron chi connectivity index (χ0n) is 16.3. The standard InChI is InChI=1S/C22H14F2N2O6/c23-17-6-4-13(9-18(17)24)25-19(27)11-32-22(30)12-3-5-15-16(8-12)21(29)26(20(15)28)10-14-2-1-7-31-14/h1-9H,10-11H2,(H,25,27). The van der Waals surface area contributed by atoms with Gasteiger partial charge in [0.2, 0.25) is 0 Å². The molecule has 0 saturated carbocycles. The SMILES string of the molecule is O=C(COC(=O)c1ccc2c(c1)C(=O)N(Cc1ccco1)C2=O)Nc1ccc(F)c(F)c1. The van der Waals surface area contributed by atoms with Crippen LogP contribution in [0.15, 0.2) is 59.2 Å². The van der Waals surface area contributed by atoms with Crippen LogP contribution in [0.1, 0.15) is 36.8 Å². The fourth-order valence-electron chi connectivity index (χ4n) is 3.11. The summed E-state index contributed by atoms with van der Waals surface area (Å²) in [7, 11) is 0. The molecule has 32 heavy (non-hydrogen) atoms. The van der Waals surface area contributed by atoms with E-state index in [-0.39, 0.29) is 28.9 Å². The van der Waals surface area contributed by atoms with Gasteiger partial charge in [0.15, 0.2) is 18.2 Å². The summed E-state index contributed by atoms with van der Waals surface area (Å²) in [5.74, 6) is -4.58. The number of nitrogens with zero attached hydrogens (tertiary/aromatic N) is 1. The van der Waals surface area contributed by atoms with E-state index in [0.29, 0.717) is 5.76 Å². The third-order valence-electron chi connectivity index (χ3n) is 4.64. The van der Waals surface area contributed by atoms with Crippen LogP contribution in [0.5, 0.6) is 0 Å². The number of furan rings is 1. The summed E-state index contributed by atoms with van der Waals surface area (Å²) in [6.45, 7) is -0.754. The van der Waals surface area contributed by atoms with Crippen LogP contribution in [0.3, 0.4) is 0 Å². The number of amides is 3. The molecule has 0 fully saturated rings. The van der Waals surface area contributed by atoms with E-state index in [1.165, 1.54) is 24.5 Å². The minimum Gasteiger partial charge on any atom is -0.467 e. The molecule has 0 atom stereocenters. The molecule has 2 aromatic carbocycles. The first-order chi connectivity index (χ1) is 15.3. The van der Waals surface area contributed by atoms with Gasteiger partial charge in [-0.05, 0) is 42.5 Å². The van der Waals surface area contributed by atoms with E-state index in [9.17, 15) is 28.0 Å². The molecule has 0 saturated heterocycles. The molecule has 0 aliphatic carbocycles. The van der Waals surface area contributed by atoms with Gasteiger partial charge in [0, 0.05) is 11.8 Å². The monoisotopic (exact) mass is 440 g/mol. The Labute approximate surface area is 179 Å². The van der Waals surface area contributed by atoms with Crippen LogP contribution in [0.4, 0.5) is 14.5 Å². The molecule has 4 rings (SSSR count). The molecule has 0 radical (unpaired) electrons. The number of carbonyl (C=O) groups is 4. The predicted molar refractivity (Wildman–Crippen MR) is 105 cm³/mol. The number of carbonyl (C=O) groups excluding carboxylic acids is 4. The number of fused-ring (bicyclic) bond motifs is 1. The van der Waals surface area contributed by atoms with Crippen molar-refractivity contribution in [1.82, 2.24) is 4.90 Å². The summed E-state index contributed by atoms with van der Waals surface area (Å²) in [5, 5.41) is 2.26. The van der Waals surface area contributed by atoms with Gasteiger partial charge in [-0.25, -0.2) is 13.6 Å². The number of hydrogen-bond donors (Lipinski definition) is 1. The lowest BCUT2D eigenvalue weighted by Gasteiger charge is -2.11. The van der Waals surface area contributed by atoms with Crippen molar-refractivity contribution < 1.29 is 37.1 Å². The van der Waals surface area contributed by atoms with Crippen LogP contribution < -0.4 is 5.32 Å². The molecular weight excluding hydrogens is 426 g/mol. The van der Waals surface area contributed by atoms with Crippen LogP contribution in [0.25, 0.3) is 0 Å². The largest absolute Gasteiger partial charge is 0.467 e. The summed E-state index contributed by atoms with van der Waals surface area (Å²) >= 11 is 0. The van der Waals surface area contributed by atoms with Crippen molar-refractivity contribution >= 4 is 29.4 Å². The highest BCUT2D eigenvalue weighted by Gasteiger charge is 2.36. The lowest BCUT2D eigenvalue weighted by molar-refractivity contribution is -0.119. The Morgan fingerprint density at radius 1 is 0.969 bits per heavy atom. The fourth-order valence-corrected chi connectivity index (χ4v) is 3.11. The second-order valence-electron chi connectivity index (χ2n) is 6.79. The fraction of sp³-hybridized carbons (Fsp3) is 0.0909. The summed E-state index contributed by atoms with van der Waals surface area (Å²) in [6, 6.07) is 9.87. The minimum atomic E-state index is -1.14. The highest BCUT2D eigenvalue weighted by molar-refractivity contribution is 6.21. The van der Waals surface area contributed by atoms with E-state index in [4.69, 9.17) is 9.15 Å². The zero-order valence-corrected chi connectivity index (χ0v) is 16.3.